The minimum Gasteiger partial charge on any atom is -0.383 e. The van der Waals surface area contributed by atoms with Crippen molar-refractivity contribution in [2.24, 2.45) is 10.9 Å². The number of benzene rings is 1. The van der Waals surface area contributed by atoms with Crippen molar-refractivity contribution in [2.45, 2.75) is 69.4 Å². The van der Waals surface area contributed by atoms with Gasteiger partial charge in [0, 0.05) is 33.3 Å². The lowest BCUT2D eigenvalue weighted by Crippen LogP contribution is -2.42. The van der Waals surface area contributed by atoms with Gasteiger partial charge in [-0.3, -0.25) is 4.99 Å². The third-order valence-corrected chi connectivity index (χ3v) is 7.11. The smallest absolute Gasteiger partial charge is 0.240 e. The van der Waals surface area contributed by atoms with E-state index in [-0.39, 0.29) is 11.4 Å². The average molecular weight is 439 g/mol. The van der Waals surface area contributed by atoms with Gasteiger partial charge in [-0.2, -0.15) is 0 Å². The Kier molecular flexibility index (Phi) is 10.6. The lowest BCUT2D eigenvalue weighted by molar-refractivity contribution is 0.204. The standard InChI is InChI=1S/C22H38N4O3S/c1-18(9-10-19-7-5-4-6-8-19)26-22(23-2)24-17-20-11-13-21(14-12-20)30(27,28)25-15-16-29-3/h11-14,18-19,25H,4-10,15-17H2,1-3H3,(H2,23,24,26). The molecule has 1 fully saturated rings. The summed E-state index contributed by atoms with van der Waals surface area (Å²) in [4.78, 5) is 4.56. The fourth-order valence-electron chi connectivity index (χ4n) is 3.80. The second-order valence-corrected chi connectivity index (χ2v) is 9.85. The molecule has 0 aliphatic heterocycles. The summed E-state index contributed by atoms with van der Waals surface area (Å²) in [7, 11) is -0.197. The topological polar surface area (TPSA) is 91.8 Å². The number of rotatable bonds is 11. The van der Waals surface area contributed by atoms with E-state index in [0.29, 0.717) is 19.2 Å². The van der Waals surface area contributed by atoms with E-state index >= 15 is 0 Å². The number of ether oxygens (including phenoxy) is 1. The van der Waals surface area contributed by atoms with Crippen LogP contribution in [0.2, 0.25) is 0 Å². The highest BCUT2D eigenvalue weighted by Crippen LogP contribution is 2.27. The summed E-state index contributed by atoms with van der Waals surface area (Å²) in [6.07, 6.45) is 9.37. The van der Waals surface area contributed by atoms with Crippen molar-refractivity contribution >= 4 is 16.0 Å². The Labute approximate surface area is 182 Å². The predicted octanol–water partition coefficient (Wildman–Crippen LogP) is 3.03. The van der Waals surface area contributed by atoms with Crippen molar-refractivity contribution in [3.8, 4) is 0 Å². The van der Waals surface area contributed by atoms with E-state index in [0.717, 1.165) is 23.9 Å². The molecule has 3 N–H and O–H groups in total. The number of sulfonamides is 1. The Hall–Kier alpha value is -1.64. The molecule has 8 heteroatoms. The molecule has 170 valence electrons. The van der Waals surface area contributed by atoms with Gasteiger partial charge in [-0.05, 0) is 43.4 Å². The minimum absolute atomic E-state index is 0.251. The zero-order valence-electron chi connectivity index (χ0n) is 18.6. The molecule has 1 aromatic carbocycles. The molecule has 0 radical (unpaired) electrons. The van der Waals surface area contributed by atoms with E-state index in [4.69, 9.17) is 4.74 Å². The summed E-state index contributed by atoms with van der Waals surface area (Å²) < 4.78 is 31.8. The van der Waals surface area contributed by atoms with Crippen molar-refractivity contribution in [1.29, 1.82) is 0 Å². The Morgan fingerprint density at radius 2 is 1.90 bits per heavy atom. The fourth-order valence-corrected chi connectivity index (χ4v) is 4.81. The predicted molar refractivity (Wildman–Crippen MR) is 122 cm³/mol. The van der Waals surface area contributed by atoms with Gasteiger partial charge >= 0.3 is 0 Å². The SMILES string of the molecule is CN=C(NCc1ccc(S(=O)(=O)NCCOC)cc1)NC(C)CCC1CCCCC1. The molecule has 0 saturated heterocycles. The highest BCUT2D eigenvalue weighted by Gasteiger charge is 2.15. The van der Waals surface area contributed by atoms with Gasteiger partial charge in [-0.1, -0.05) is 44.2 Å². The summed E-state index contributed by atoms with van der Waals surface area (Å²) in [5, 5.41) is 6.77. The van der Waals surface area contributed by atoms with Gasteiger partial charge < -0.3 is 15.4 Å². The molecule has 1 atom stereocenters. The van der Waals surface area contributed by atoms with Gasteiger partial charge in [0.2, 0.25) is 10.0 Å². The van der Waals surface area contributed by atoms with E-state index in [1.54, 1.807) is 19.2 Å². The Morgan fingerprint density at radius 1 is 1.20 bits per heavy atom. The van der Waals surface area contributed by atoms with Crippen LogP contribution in [0.25, 0.3) is 0 Å². The first kappa shape index (κ1) is 24.6. The fraction of sp³-hybridized carbons (Fsp3) is 0.682. The number of aliphatic imine (C=N–C) groups is 1. The van der Waals surface area contributed by atoms with Gasteiger partial charge in [0.05, 0.1) is 11.5 Å². The van der Waals surface area contributed by atoms with E-state index in [1.165, 1.54) is 45.6 Å². The van der Waals surface area contributed by atoms with Crippen LogP contribution in [-0.4, -0.2) is 47.7 Å². The van der Waals surface area contributed by atoms with E-state index < -0.39 is 10.0 Å². The molecule has 1 aromatic rings. The Morgan fingerprint density at radius 3 is 2.53 bits per heavy atom. The van der Waals surface area contributed by atoms with Crippen LogP contribution in [0.4, 0.5) is 0 Å². The maximum atomic E-state index is 12.2. The molecule has 1 aliphatic carbocycles. The highest BCUT2D eigenvalue weighted by atomic mass is 32.2. The van der Waals surface area contributed by atoms with Crippen LogP contribution in [0.1, 0.15) is 57.4 Å². The zero-order chi connectivity index (χ0) is 21.8. The maximum absolute atomic E-state index is 12.2. The zero-order valence-corrected chi connectivity index (χ0v) is 19.4. The lowest BCUT2D eigenvalue weighted by Gasteiger charge is -2.24. The second-order valence-electron chi connectivity index (χ2n) is 8.09. The summed E-state index contributed by atoms with van der Waals surface area (Å²) in [5.41, 5.74) is 0.989. The minimum atomic E-state index is -3.50. The molecule has 0 aromatic heterocycles. The van der Waals surface area contributed by atoms with Crippen LogP contribution in [0.5, 0.6) is 0 Å². The molecule has 30 heavy (non-hydrogen) atoms. The quantitative estimate of drug-likeness (QED) is 0.281. The van der Waals surface area contributed by atoms with Crippen LogP contribution in [0.3, 0.4) is 0 Å². The first-order valence-electron chi connectivity index (χ1n) is 11.0. The van der Waals surface area contributed by atoms with Crippen molar-refractivity contribution in [1.82, 2.24) is 15.4 Å². The highest BCUT2D eigenvalue weighted by molar-refractivity contribution is 7.89. The summed E-state index contributed by atoms with van der Waals surface area (Å²) in [6.45, 7) is 3.37. The van der Waals surface area contributed by atoms with E-state index in [2.05, 4.69) is 27.3 Å². The van der Waals surface area contributed by atoms with Gasteiger partial charge in [0.15, 0.2) is 5.96 Å². The van der Waals surface area contributed by atoms with Gasteiger partial charge in [0.1, 0.15) is 0 Å². The van der Waals surface area contributed by atoms with Crippen LogP contribution < -0.4 is 15.4 Å². The molecule has 0 spiro atoms. The van der Waals surface area contributed by atoms with E-state index in [9.17, 15) is 8.42 Å². The average Bonchev–Trinajstić information content (AvgIpc) is 2.76. The number of hydrogen-bond acceptors (Lipinski definition) is 4. The number of nitrogens with zero attached hydrogens (tertiary/aromatic N) is 1. The first-order valence-corrected chi connectivity index (χ1v) is 12.5. The molecule has 1 aliphatic rings. The molecular weight excluding hydrogens is 400 g/mol. The van der Waals surface area contributed by atoms with Crippen LogP contribution in [-0.2, 0) is 21.3 Å². The monoisotopic (exact) mass is 438 g/mol. The van der Waals surface area contributed by atoms with Crippen LogP contribution >= 0.6 is 0 Å². The number of hydrogen-bond donors (Lipinski definition) is 3. The molecule has 0 bridgehead atoms. The molecule has 1 saturated carbocycles. The number of guanidine groups is 1. The normalized spacial score (nSPS) is 17.0. The molecule has 0 heterocycles. The third-order valence-electron chi connectivity index (χ3n) is 5.63. The maximum Gasteiger partial charge on any atom is 0.240 e. The number of nitrogens with one attached hydrogen (secondary N) is 3. The van der Waals surface area contributed by atoms with Gasteiger partial charge in [-0.25, -0.2) is 13.1 Å². The van der Waals surface area contributed by atoms with Crippen molar-refractivity contribution < 1.29 is 13.2 Å². The summed E-state index contributed by atoms with van der Waals surface area (Å²) >= 11 is 0. The molecule has 2 rings (SSSR count). The van der Waals surface area contributed by atoms with Crippen LogP contribution in [0.15, 0.2) is 34.2 Å². The van der Waals surface area contributed by atoms with Gasteiger partial charge in [0.25, 0.3) is 0 Å². The third kappa shape index (κ3) is 8.62. The Balaban J connectivity index is 1.77. The molecule has 7 nitrogen and oxygen atoms in total. The van der Waals surface area contributed by atoms with Crippen LogP contribution in [0, 0.1) is 5.92 Å². The van der Waals surface area contributed by atoms with Crippen molar-refractivity contribution in [3.05, 3.63) is 29.8 Å². The Bertz CT molecular complexity index is 744. The van der Waals surface area contributed by atoms with Crippen molar-refractivity contribution in [2.75, 3.05) is 27.3 Å². The largest absolute Gasteiger partial charge is 0.383 e. The summed E-state index contributed by atoms with van der Waals surface area (Å²) in [6, 6.07) is 7.24. The molecule has 1 unspecified atom stereocenters. The summed E-state index contributed by atoms with van der Waals surface area (Å²) in [5.74, 6) is 1.65. The first-order chi connectivity index (χ1) is 14.4. The molecule has 0 amide bonds. The number of methoxy groups -OCH3 is 1. The van der Waals surface area contributed by atoms with E-state index in [1.807, 2.05) is 12.1 Å². The second kappa shape index (κ2) is 12.9. The van der Waals surface area contributed by atoms with Crippen molar-refractivity contribution in [3.63, 3.8) is 0 Å². The lowest BCUT2D eigenvalue weighted by atomic mass is 9.85. The molecular formula is C22H38N4O3S. The van der Waals surface area contributed by atoms with Gasteiger partial charge in [-0.15, -0.1) is 0 Å².